The Balaban J connectivity index is 2.04. The van der Waals surface area contributed by atoms with E-state index in [1.807, 2.05) is 0 Å². The fraction of sp³-hybridized carbons (Fsp3) is 0.158. The maximum Gasteiger partial charge on any atom is 0.341 e. The van der Waals surface area contributed by atoms with Crippen molar-refractivity contribution in [2.45, 2.75) is 13.3 Å². The highest BCUT2D eigenvalue weighted by molar-refractivity contribution is 5.99. The average Bonchev–Trinajstić information content (AvgIpc) is 2.61. The third-order valence-corrected chi connectivity index (χ3v) is 3.29. The molecule has 0 spiro atoms. The second-order valence-corrected chi connectivity index (χ2v) is 5.17. The summed E-state index contributed by atoms with van der Waals surface area (Å²) in [6.45, 7) is 1.34. The molecular formula is C19H16O7. The Morgan fingerprint density at radius 2 is 1.23 bits per heavy atom. The summed E-state index contributed by atoms with van der Waals surface area (Å²) in [6, 6.07) is 12.2. The first-order valence-corrected chi connectivity index (χ1v) is 7.61. The second-order valence-electron chi connectivity index (χ2n) is 5.17. The number of benzene rings is 2. The van der Waals surface area contributed by atoms with Crippen LogP contribution in [0.5, 0.6) is 11.5 Å². The monoisotopic (exact) mass is 356 g/mol. The van der Waals surface area contributed by atoms with Gasteiger partial charge in [-0.05, 0) is 31.2 Å². The van der Waals surface area contributed by atoms with Gasteiger partial charge in [-0.3, -0.25) is 14.4 Å². The molecule has 2 aromatic rings. The van der Waals surface area contributed by atoms with Gasteiger partial charge in [-0.2, -0.15) is 0 Å². The highest BCUT2D eigenvalue weighted by atomic mass is 16.6. The molecule has 0 amide bonds. The van der Waals surface area contributed by atoms with Crippen LogP contribution < -0.4 is 9.47 Å². The van der Waals surface area contributed by atoms with Crippen LogP contribution in [0, 0.1) is 0 Å². The predicted octanol–water partition coefficient (Wildman–Crippen LogP) is 2.58. The minimum absolute atomic E-state index is 0.0266. The lowest BCUT2D eigenvalue weighted by Crippen LogP contribution is -2.19. The van der Waals surface area contributed by atoms with Gasteiger partial charge in [0.2, 0.25) is 0 Å². The van der Waals surface area contributed by atoms with Crippen LogP contribution in [0.3, 0.4) is 0 Å². The van der Waals surface area contributed by atoms with Gasteiger partial charge in [0.1, 0.15) is 23.5 Å². The third-order valence-electron chi connectivity index (χ3n) is 3.29. The SMILES string of the molecule is COC(=O)c1ccccc1OC(=O)CC(=O)Oc1ccccc1C(C)=O. The Kier molecular flexibility index (Phi) is 6.21. The van der Waals surface area contributed by atoms with Crippen molar-refractivity contribution < 1.29 is 33.4 Å². The molecule has 7 heteroatoms. The molecule has 0 aromatic heterocycles. The first kappa shape index (κ1) is 18.9. The number of ketones is 1. The largest absolute Gasteiger partial charge is 0.465 e. The fourth-order valence-electron chi connectivity index (χ4n) is 2.12. The number of ether oxygens (including phenoxy) is 3. The van der Waals surface area contributed by atoms with E-state index in [-0.39, 0.29) is 28.4 Å². The van der Waals surface area contributed by atoms with Gasteiger partial charge in [0.05, 0.1) is 12.7 Å². The van der Waals surface area contributed by atoms with Gasteiger partial charge < -0.3 is 14.2 Å². The van der Waals surface area contributed by atoms with Gasteiger partial charge >= 0.3 is 17.9 Å². The summed E-state index contributed by atoms with van der Waals surface area (Å²) in [5, 5.41) is 0. The van der Waals surface area contributed by atoms with Crippen molar-refractivity contribution in [1.82, 2.24) is 0 Å². The smallest absolute Gasteiger partial charge is 0.341 e. The van der Waals surface area contributed by atoms with Crippen molar-refractivity contribution in [2.75, 3.05) is 7.11 Å². The normalized spacial score (nSPS) is 9.92. The zero-order chi connectivity index (χ0) is 19.1. The molecule has 0 saturated carbocycles. The van der Waals surface area contributed by atoms with Gasteiger partial charge in [0.15, 0.2) is 5.78 Å². The van der Waals surface area contributed by atoms with Gasteiger partial charge in [-0.25, -0.2) is 4.79 Å². The van der Waals surface area contributed by atoms with Gasteiger partial charge in [-0.15, -0.1) is 0 Å². The van der Waals surface area contributed by atoms with Crippen LogP contribution in [-0.4, -0.2) is 30.8 Å². The summed E-state index contributed by atoms with van der Waals surface area (Å²) in [5.74, 6) is -2.71. The molecule has 0 aliphatic heterocycles. The third kappa shape index (κ3) is 4.76. The molecule has 0 bridgehead atoms. The molecule has 2 rings (SSSR count). The average molecular weight is 356 g/mol. The maximum absolute atomic E-state index is 12.0. The Morgan fingerprint density at radius 3 is 1.73 bits per heavy atom. The van der Waals surface area contributed by atoms with Crippen LogP contribution >= 0.6 is 0 Å². The molecule has 134 valence electrons. The number of methoxy groups -OCH3 is 1. The Hall–Kier alpha value is -3.48. The van der Waals surface area contributed by atoms with Gasteiger partial charge in [0, 0.05) is 0 Å². The van der Waals surface area contributed by atoms with Crippen molar-refractivity contribution in [2.24, 2.45) is 0 Å². The van der Waals surface area contributed by atoms with Crippen LogP contribution in [0.2, 0.25) is 0 Å². The lowest BCUT2D eigenvalue weighted by Gasteiger charge is -2.09. The van der Waals surface area contributed by atoms with Crippen molar-refractivity contribution in [3.05, 3.63) is 59.7 Å². The van der Waals surface area contributed by atoms with Crippen LogP contribution in [0.4, 0.5) is 0 Å². The van der Waals surface area contributed by atoms with Crippen LogP contribution in [-0.2, 0) is 14.3 Å². The molecule has 7 nitrogen and oxygen atoms in total. The molecule has 0 atom stereocenters. The predicted molar refractivity (Wildman–Crippen MR) is 90.1 cm³/mol. The number of carbonyl (C=O) groups is 4. The second kappa shape index (κ2) is 8.57. The van der Waals surface area contributed by atoms with Crippen molar-refractivity contribution in [3.63, 3.8) is 0 Å². The number of Topliss-reactive ketones (excluding diaryl/α,β-unsaturated/α-hetero) is 1. The molecule has 0 aliphatic rings. The zero-order valence-electron chi connectivity index (χ0n) is 14.2. The van der Waals surface area contributed by atoms with Crippen molar-refractivity contribution in [1.29, 1.82) is 0 Å². The summed E-state index contributed by atoms with van der Waals surface area (Å²) in [6.07, 6.45) is -0.693. The van der Waals surface area contributed by atoms with Gasteiger partial charge in [-0.1, -0.05) is 24.3 Å². The van der Waals surface area contributed by atoms with E-state index in [0.717, 1.165) is 0 Å². The molecule has 0 saturated heterocycles. The number of rotatable bonds is 6. The summed E-state index contributed by atoms with van der Waals surface area (Å²) < 4.78 is 14.7. The number of carbonyl (C=O) groups excluding carboxylic acids is 4. The molecule has 0 aliphatic carbocycles. The highest BCUT2D eigenvalue weighted by Crippen LogP contribution is 2.21. The lowest BCUT2D eigenvalue weighted by molar-refractivity contribution is -0.144. The summed E-state index contributed by atoms with van der Waals surface area (Å²) >= 11 is 0. The minimum atomic E-state index is -0.911. The zero-order valence-corrected chi connectivity index (χ0v) is 14.2. The Bertz CT molecular complexity index is 854. The van der Waals surface area contributed by atoms with E-state index in [2.05, 4.69) is 4.74 Å². The van der Waals surface area contributed by atoms with Crippen LogP contribution in [0.1, 0.15) is 34.1 Å². The molecular weight excluding hydrogens is 340 g/mol. The van der Waals surface area contributed by atoms with E-state index in [9.17, 15) is 19.2 Å². The number of esters is 3. The van der Waals surface area contributed by atoms with Crippen LogP contribution in [0.15, 0.2) is 48.5 Å². The van der Waals surface area contributed by atoms with Crippen molar-refractivity contribution >= 4 is 23.7 Å². The molecule has 2 aromatic carbocycles. The molecule has 0 heterocycles. The quantitative estimate of drug-likeness (QED) is 0.340. The Morgan fingerprint density at radius 1 is 0.769 bits per heavy atom. The van der Waals surface area contributed by atoms with Gasteiger partial charge in [0.25, 0.3) is 0 Å². The number of hydrogen-bond acceptors (Lipinski definition) is 7. The summed E-state index contributed by atoms with van der Waals surface area (Å²) in [5.41, 5.74) is 0.281. The maximum atomic E-state index is 12.0. The number of hydrogen-bond donors (Lipinski definition) is 0. The summed E-state index contributed by atoms with van der Waals surface area (Å²) in [4.78, 5) is 47.0. The number of para-hydroxylation sites is 2. The molecule has 0 fully saturated rings. The standard InChI is InChI=1S/C19H16O7/c1-12(20)13-7-3-5-9-15(13)25-17(21)11-18(22)26-16-10-6-4-8-14(16)19(23)24-2/h3-10H,11H2,1-2H3. The fourth-order valence-corrected chi connectivity index (χ4v) is 2.12. The summed E-state index contributed by atoms with van der Waals surface area (Å²) in [7, 11) is 1.20. The van der Waals surface area contributed by atoms with Crippen molar-refractivity contribution in [3.8, 4) is 11.5 Å². The minimum Gasteiger partial charge on any atom is -0.465 e. The van der Waals surface area contributed by atoms with E-state index in [1.54, 1.807) is 24.3 Å². The molecule has 0 unspecified atom stereocenters. The highest BCUT2D eigenvalue weighted by Gasteiger charge is 2.19. The van der Waals surface area contributed by atoms with E-state index in [4.69, 9.17) is 9.47 Å². The van der Waals surface area contributed by atoms with E-state index < -0.39 is 24.3 Å². The topological polar surface area (TPSA) is 96.0 Å². The first-order chi connectivity index (χ1) is 12.4. The van der Waals surface area contributed by atoms with Crippen LogP contribution in [0.25, 0.3) is 0 Å². The molecule has 0 N–H and O–H groups in total. The molecule has 0 radical (unpaired) electrons. The molecule has 26 heavy (non-hydrogen) atoms. The van der Waals surface area contributed by atoms with E-state index in [0.29, 0.717) is 0 Å². The first-order valence-electron chi connectivity index (χ1n) is 7.61. The lowest BCUT2D eigenvalue weighted by atomic mass is 10.1. The Labute approximate surface area is 149 Å². The van der Waals surface area contributed by atoms with E-state index >= 15 is 0 Å². The van der Waals surface area contributed by atoms with E-state index in [1.165, 1.54) is 38.3 Å².